The number of aliphatic hydroxyl groups excluding tert-OH is 1. The van der Waals surface area contributed by atoms with Crippen LogP contribution in [0.25, 0.3) is 0 Å². The highest BCUT2D eigenvalue weighted by molar-refractivity contribution is 5.43. The predicted molar refractivity (Wildman–Crippen MR) is 77.8 cm³/mol. The molecule has 106 valence electrons. The second-order valence-electron chi connectivity index (χ2n) is 4.16. The van der Waals surface area contributed by atoms with Crippen molar-refractivity contribution in [3.8, 4) is 17.6 Å². The van der Waals surface area contributed by atoms with Crippen molar-refractivity contribution in [2.24, 2.45) is 0 Å². The summed E-state index contributed by atoms with van der Waals surface area (Å²) < 4.78 is 5.43. The first-order valence-electron chi connectivity index (χ1n) is 6.25. The van der Waals surface area contributed by atoms with Crippen LogP contribution in [0.2, 0.25) is 0 Å². The Morgan fingerprint density at radius 1 is 1.19 bits per heavy atom. The van der Waals surface area contributed by atoms with E-state index in [4.69, 9.17) is 4.74 Å². The maximum Gasteiger partial charge on any atom is 0.270 e. The minimum atomic E-state index is -0.516. The van der Waals surface area contributed by atoms with Gasteiger partial charge in [0.1, 0.15) is 12.4 Å². The van der Waals surface area contributed by atoms with Crippen molar-refractivity contribution in [1.29, 1.82) is 0 Å². The molecule has 1 N–H and O–H groups in total. The number of nitro benzene ring substituents is 1. The molecule has 0 saturated carbocycles. The molecule has 0 aliphatic rings. The van der Waals surface area contributed by atoms with Gasteiger partial charge in [0.15, 0.2) is 0 Å². The van der Waals surface area contributed by atoms with E-state index in [-0.39, 0.29) is 18.9 Å². The van der Waals surface area contributed by atoms with Crippen molar-refractivity contribution >= 4 is 5.69 Å². The molecule has 0 heterocycles. The van der Waals surface area contributed by atoms with E-state index in [2.05, 4.69) is 11.8 Å². The van der Waals surface area contributed by atoms with Gasteiger partial charge in [-0.25, -0.2) is 0 Å². The summed E-state index contributed by atoms with van der Waals surface area (Å²) >= 11 is 0. The topological polar surface area (TPSA) is 72.6 Å². The molecule has 0 fully saturated rings. The Hall–Kier alpha value is -2.84. The van der Waals surface area contributed by atoms with Crippen LogP contribution in [0.15, 0.2) is 48.5 Å². The van der Waals surface area contributed by atoms with Gasteiger partial charge in [0, 0.05) is 23.3 Å². The number of rotatable bonds is 4. The van der Waals surface area contributed by atoms with E-state index in [0.29, 0.717) is 11.3 Å². The molecule has 2 aromatic rings. The fourth-order valence-corrected chi connectivity index (χ4v) is 1.72. The first-order valence-corrected chi connectivity index (χ1v) is 6.25. The van der Waals surface area contributed by atoms with E-state index in [0.717, 1.165) is 5.56 Å². The average molecular weight is 283 g/mol. The maximum atomic E-state index is 10.7. The Balaban J connectivity index is 2.04. The van der Waals surface area contributed by atoms with Crippen molar-refractivity contribution in [1.82, 2.24) is 0 Å². The molecule has 21 heavy (non-hydrogen) atoms. The molecule has 5 heteroatoms. The van der Waals surface area contributed by atoms with Gasteiger partial charge in [-0.15, -0.1) is 0 Å². The lowest BCUT2D eigenvalue weighted by Gasteiger charge is -2.06. The molecule has 0 aliphatic heterocycles. The molecule has 0 unspecified atom stereocenters. The highest BCUT2D eigenvalue weighted by atomic mass is 16.6. The van der Waals surface area contributed by atoms with Gasteiger partial charge in [0.05, 0.1) is 11.5 Å². The van der Waals surface area contributed by atoms with E-state index in [1.807, 2.05) is 30.3 Å². The summed E-state index contributed by atoms with van der Waals surface area (Å²) in [5, 5.41) is 19.9. The summed E-state index contributed by atoms with van der Waals surface area (Å²) in [5.41, 5.74) is 1.17. The van der Waals surface area contributed by atoms with E-state index in [1.54, 1.807) is 0 Å². The first kappa shape index (κ1) is 14.6. The summed E-state index contributed by atoms with van der Waals surface area (Å²) in [7, 11) is 0. The maximum absolute atomic E-state index is 10.7. The zero-order valence-corrected chi connectivity index (χ0v) is 11.2. The summed E-state index contributed by atoms with van der Waals surface area (Å²) in [5.74, 6) is 6.18. The fourth-order valence-electron chi connectivity index (χ4n) is 1.72. The molecule has 0 bridgehead atoms. The molecule has 0 atom stereocenters. The first-order chi connectivity index (χ1) is 10.2. The third-order valence-electron chi connectivity index (χ3n) is 2.73. The summed E-state index contributed by atoms with van der Waals surface area (Å²) in [6.45, 7) is -0.192. The number of nitrogens with zero attached hydrogens (tertiary/aromatic N) is 1. The second-order valence-corrected chi connectivity index (χ2v) is 4.16. The van der Waals surface area contributed by atoms with Crippen molar-refractivity contribution in [3.05, 3.63) is 69.8 Å². The Labute approximate surface area is 122 Å². The van der Waals surface area contributed by atoms with Crippen LogP contribution in [0.1, 0.15) is 11.1 Å². The van der Waals surface area contributed by atoms with Crippen LogP contribution in [0, 0.1) is 22.0 Å². The third-order valence-corrected chi connectivity index (χ3v) is 2.73. The van der Waals surface area contributed by atoms with Crippen LogP contribution < -0.4 is 4.74 Å². The fraction of sp³-hybridized carbons (Fsp3) is 0.125. The number of hydrogen-bond acceptors (Lipinski definition) is 4. The lowest BCUT2D eigenvalue weighted by atomic mass is 10.2. The summed E-state index contributed by atoms with van der Waals surface area (Å²) in [4.78, 5) is 10.1. The van der Waals surface area contributed by atoms with Gasteiger partial charge in [-0.2, -0.15) is 0 Å². The lowest BCUT2D eigenvalue weighted by Crippen LogP contribution is -1.99. The van der Waals surface area contributed by atoms with Gasteiger partial charge in [0.2, 0.25) is 0 Å². The predicted octanol–water partition coefficient (Wildman–Crippen LogP) is 2.52. The van der Waals surface area contributed by atoms with Gasteiger partial charge < -0.3 is 9.84 Å². The molecule has 0 aliphatic carbocycles. The van der Waals surface area contributed by atoms with Crippen LogP contribution in [-0.2, 0) is 6.61 Å². The van der Waals surface area contributed by atoms with Gasteiger partial charge in [0.25, 0.3) is 5.69 Å². The monoisotopic (exact) mass is 283 g/mol. The van der Waals surface area contributed by atoms with Crippen molar-refractivity contribution in [2.75, 3.05) is 6.61 Å². The average Bonchev–Trinajstić information content (AvgIpc) is 2.52. The van der Waals surface area contributed by atoms with Gasteiger partial charge >= 0.3 is 0 Å². The zero-order valence-electron chi connectivity index (χ0n) is 11.2. The molecule has 2 rings (SSSR count). The number of hydrogen-bond donors (Lipinski definition) is 1. The molecule has 5 nitrogen and oxygen atoms in total. The Morgan fingerprint density at radius 2 is 1.95 bits per heavy atom. The quantitative estimate of drug-likeness (QED) is 0.531. The Bertz CT molecular complexity index is 686. The smallest absolute Gasteiger partial charge is 0.270 e. The number of ether oxygens (including phenoxy) is 1. The van der Waals surface area contributed by atoms with Crippen molar-refractivity contribution < 1.29 is 14.8 Å². The molecule has 0 aromatic heterocycles. The molecular weight excluding hydrogens is 270 g/mol. The van der Waals surface area contributed by atoms with Crippen LogP contribution in [-0.4, -0.2) is 16.6 Å². The zero-order chi connectivity index (χ0) is 15.1. The molecule has 0 saturated heterocycles. The number of nitro groups is 1. The highest BCUT2D eigenvalue weighted by Crippen LogP contribution is 2.24. The molecule has 0 spiro atoms. The normalized spacial score (nSPS) is 9.57. The Morgan fingerprint density at radius 3 is 2.62 bits per heavy atom. The Kier molecular flexibility index (Phi) is 4.91. The lowest BCUT2D eigenvalue weighted by molar-refractivity contribution is -0.385. The minimum absolute atomic E-state index is 0.0817. The van der Waals surface area contributed by atoms with E-state index in [9.17, 15) is 15.2 Å². The minimum Gasteiger partial charge on any atom is -0.481 e. The SMILES string of the molecule is O=[N+]([O-])c1ccc(OCC#Cc2ccccc2)c(CO)c1. The van der Waals surface area contributed by atoms with Crippen LogP contribution >= 0.6 is 0 Å². The molecular formula is C16H13NO4. The molecule has 0 radical (unpaired) electrons. The van der Waals surface area contributed by atoms with Crippen LogP contribution in [0.3, 0.4) is 0 Å². The van der Waals surface area contributed by atoms with Crippen molar-refractivity contribution in [2.45, 2.75) is 6.61 Å². The largest absolute Gasteiger partial charge is 0.481 e. The number of aliphatic hydroxyl groups is 1. The van der Waals surface area contributed by atoms with E-state index < -0.39 is 4.92 Å². The standard InChI is InChI=1S/C16H13NO4/c18-12-14-11-15(17(19)20)8-9-16(14)21-10-4-7-13-5-2-1-3-6-13/h1-3,5-6,8-9,11,18H,10,12H2. The highest BCUT2D eigenvalue weighted by Gasteiger charge is 2.10. The summed E-state index contributed by atoms with van der Waals surface area (Å²) in [6, 6.07) is 13.6. The summed E-state index contributed by atoms with van der Waals surface area (Å²) in [6.07, 6.45) is 0. The van der Waals surface area contributed by atoms with Gasteiger partial charge in [-0.3, -0.25) is 10.1 Å². The number of non-ortho nitro benzene ring substituents is 1. The van der Waals surface area contributed by atoms with Crippen LogP contribution in [0.5, 0.6) is 5.75 Å². The molecule has 0 amide bonds. The van der Waals surface area contributed by atoms with Crippen LogP contribution in [0.4, 0.5) is 5.69 Å². The van der Waals surface area contributed by atoms with Gasteiger partial charge in [-0.1, -0.05) is 30.0 Å². The second kappa shape index (κ2) is 7.08. The van der Waals surface area contributed by atoms with E-state index >= 15 is 0 Å². The van der Waals surface area contributed by atoms with E-state index in [1.165, 1.54) is 18.2 Å². The third kappa shape index (κ3) is 4.06. The molecule has 2 aromatic carbocycles. The van der Waals surface area contributed by atoms with Gasteiger partial charge in [-0.05, 0) is 18.2 Å². The van der Waals surface area contributed by atoms with Crippen molar-refractivity contribution in [3.63, 3.8) is 0 Å². The number of benzene rings is 2.